The first-order valence-corrected chi connectivity index (χ1v) is 11.5. The predicted octanol–water partition coefficient (Wildman–Crippen LogP) is 5.28. The lowest BCUT2D eigenvalue weighted by molar-refractivity contribution is 0.178. The summed E-state index contributed by atoms with van der Waals surface area (Å²) in [5, 5.41) is 10.3. The monoisotopic (exact) mass is 431 g/mol. The number of allylic oxidation sites excluding steroid dienone is 4. The maximum atomic E-state index is 9.64. The Bertz CT molecular complexity index is 851. The zero-order valence-electron chi connectivity index (χ0n) is 18.1. The van der Waals surface area contributed by atoms with E-state index in [0.29, 0.717) is 23.5 Å². The molecular formula is C25H34ClNO3. The van der Waals surface area contributed by atoms with E-state index in [1.54, 1.807) is 13.2 Å². The first kappa shape index (κ1) is 21.7. The first-order valence-electron chi connectivity index (χ1n) is 11.1. The van der Waals surface area contributed by atoms with E-state index < -0.39 is 0 Å². The molecule has 0 amide bonds. The second kappa shape index (κ2) is 8.57. The van der Waals surface area contributed by atoms with Crippen molar-refractivity contribution in [3.8, 4) is 11.5 Å². The van der Waals surface area contributed by atoms with Gasteiger partial charge in [0.1, 0.15) is 11.5 Å². The fraction of sp³-hybridized carbons (Fsp3) is 0.600. The molecule has 3 aliphatic rings. The summed E-state index contributed by atoms with van der Waals surface area (Å²) in [7, 11) is 1.64. The van der Waals surface area contributed by atoms with Gasteiger partial charge in [0.15, 0.2) is 0 Å². The standard InChI is InChI=1S/C25H34ClNO3/c1-24(20-6-8-25(27,14-20)16-28)7-5-18-9-17(3-4-19(18)13-24)15-30-23-11-21(26)10-22(12-23)29-2/h5,10-13,17,20,28H,3-4,6-9,14-16,27H2,1-2H3/t17-,20+,24?,25-/m1/s1. The van der Waals surface area contributed by atoms with Crippen LogP contribution < -0.4 is 15.2 Å². The Hall–Kier alpha value is -1.49. The van der Waals surface area contributed by atoms with Crippen LogP contribution in [0.1, 0.15) is 51.9 Å². The minimum absolute atomic E-state index is 0.0947. The van der Waals surface area contributed by atoms with Gasteiger partial charge in [-0.05, 0) is 85.5 Å². The number of benzene rings is 1. The lowest BCUT2D eigenvalue weighted by Gasteiger charge is -2.39. The minimum Gasteiger partial charge on any atom is -0.497 e. The number of ether oxygens (including phenoxy) is 2. The summed E-state index contributed by atoms with van der Waals surface area (Å²) in [6, 6.07) is 5.52. The van der Waals surface area contributed by atoms with Crippen molar-refractivity contribution < 1.29 is 14.6 Å². The number of fused-ring (bicyclic) bond motifs is 1. The SMILES string of the molecule is COc1cc(Cl)cc(OC[C@@H]2CCC3=CC(C)([C@H]4CC[C@](N)(CO)C4)CC=C3C2)c1. The molecular weight excluding hydrogens is 398 g/mol. The van der Waals surface area contributed by atoms with Gasteiger partial charge in [-0.2, -0.15) is 0 Å². The molecule has 1 unspecified atom stereocenters. The van der Waals surface area contributed by atoms with Crippen LogP contribution >= 0.6 is 11.6 Å². The highest BCUT2D eigenvalue weighted by Gasteiger charge is 2.44. The molecule has 3 aliphatic carbocycles. The first-order chi connectivity index (χ1) is 14.3. The summed E-state index contributed by atoms with van der Waals surface area (Å²) < 4.78 is 11.3. The topological polar surface area (TPSA) is 64.7 Å². The molecule has 0 heterocycles. The van der Waals surface area contributed by atoms with Crippen LogP contribution in [-0.4, -0.2) is 31.0 Å². The summed E-state index contributed by atoms with van der Waals surface area (Å²) in [6.07, 6.45) is 12.3. The smallest absolute Gasteiger partial charge is 0.124 e. The van der Waals surface area contributed by atoms with Gasteiger partial charge < -0.3 is 20.3 Å². The van der Waals surface area contributed by atoms with E-state index in [0.717, 1.165) is 56.4 Å². The third-order valence-electron chi connectivity index (χ3n) is 7.49. The molecule has 0 bridgehead atoms. The Morgan fingerprint density at radius 1 is 1.20 bits per heavy atom. The molecule has 30 heavy (non-hydrogen) atoms. The van der Waals surface area contributed by atoms with E-state index in [4.69, 9.17) is 26.8 Å². The molecule has 164 valence electrons. The molecule has 0 saturated heterocycles. The summed E-state index contributed by atoms with van der Waals surface area (Å²) in [6.45, 7) is 3.17. The van der Waals surface area contributed by atoms with E-state index in [2.05, 4.69) is 19.1 Å². The number of halogens is 1. The number of hydrogen-bond acceptors (Lipinski definition) is 4. The van der Waals surface area contributed by atoms with Gasteiger partial charge in [-0.25, -0.2) is 0 Å². The van der Waals surface area contributed by atoms with E-state index in [-0.39, 0.29) is 17.6 Å². The molecule has 5 heteroatoms. The normalized spacial score (nSPS) is 33.5. The van der Waals surface area contributed by atoms with Gasteiger partial charge in [-0.1, -0.05) is 30.7 Å². The fourth-order valence-corrected chi connectivity index (χ4v) is 5.70. The highest BCUT2D eigenvalue weighted by Crippen LogP contribution is 2.51. The maximum absolute atomic E-state index is 9.64. The van der Waals surface area contributed by atoms with Crippen LogP contribution in [0.4, 0.5) is 0 Å². The zero-order valence-corrected chi connectivity index (χ0v) is 18.9. The van der Waals surface area contributed by atoms with Gasteiger partial charge in [0, 0.05) is 16.6 Å². The van der Waals surface area contributed by atoms with Crippen molar-refractivity contribution >= 4 is 11.6 Å². The Morgan fingerprint density at radius 3 is 2.73 bits per heavy atom. The summed E-state index contributed by atoms with van der Waals surface area (Å²) in [4.78, 5) is 0. The molecule has 4 atom stereocenters. The van der Waals surface area contributed by atoms with Crippen LogP contribution in [-0.2, 0) is 0 Å². The predicted molar refractivity (Wildman–Crippen MR) is 121 cm³/mol. The molecule has 0 aromatic heterocycles. The zero-order chi connectivity index (χ0) is 21.4. The third-order valence-corrected chi connectivity index (χ3v) is 7.71. The molecule has 1 aromatic rings. The molecule has 4 nitrogen and oxygen atoms in total. The van der Waals surface area contributed by atoms with Gasteiger partial charge in [0.25, 0.3) is 0 Å². The summed E-state index contributed by atoms with van der Waals surface area (Å²) in [5.74, 6) is 2.55. The van der Waals surface area contributed by atoms with Crippen LogP contribution in [0.3, 0.4) is 0 Å². The van der Waals surface area contributed by atoms with Gasteiger partial charge in [0.2, 0.25) is 0 Å². The number of rotatable bonds is 6. The van der Waals surface area contributed by atoms with Crippen molar-refractivity contribution in [1.29, 1.82) is 0 Å². The van der Waals surface area contributed by atoms with E-state index in [1.807, 2.05) is 12.1 Å². The maximum Gasteiger partial charge on any atom is 0.124 e. The highest BCUT2D eigenvalue weighted by molar-refractivity contribution is 6.30. The van der Waals surface area contributed by atoms with Crippen molar-refractivity contribution in [2.75, 3.05) is 20.3 Å². The van der Waals surface area contributed by atoms with Gasteiger partial charge in [-0.15, -0.1) is 0 Å². The highest BCUT2D eigenvalue weighted by atomic mass is 35.5. The Labute approximate surface area is 185 Å². The number of methoxy groups -OCH3 is 1. The van der Waals surface area contributed by atoms with Crippen LogP contribution in [0.15, 0.2) is 41.5 Å². The van der Waals surface area contributed by atoms with Crippen LogP contribution in [0.2, 0.25) is 5.02 Å². The lowest BCUT2D eigenvalue weighted by Crippen LogP contribution is -2.42. The second-order valence-electron chi connectivity index (χ2n) is 9.82. The summed E-state index contributed by atoms with van der Waals surface area (Å²) in [5.41, 5.74) is 9.15. The van der Waals surface area contributed by atoms with Crippen LogP contribution in [0.5, 0.6) is 11.5 Å². The molecule has 3 N–H and O–H groups in total. The van der Waals surface area contributed by atoms with Crippen molar-refractivity contribution in [3.63, 3.8) is 0 Å². The van der Waals surface area contributed by atoms with Crippen molar-refractivity contribution in [2.24, 2.45) is 23.0 Å². The Balaban J connectivity index is 1.36. The van der Waals surface area contributed by atoms with E-state index >= 15 is 0 Å². The molecule has 0 spiro atoms. The van der Waals surface area contributed by atoms with E-state index in [9.17, 15) is 5.11 Å². The van der Waals surface area contributed by atoms with Gasteiger partial charge in [-0.3, -0.25) is 0 Å². The Morgan fingerprint density at radius 2 is 2.00 bits per heavy atom. The average Bonchev–Trinajstić information content (AvgIpc) is 3.15. The van der Waals surface area contributed by atoms with Crippen molar-refractivity contribution in [1.82, 2.24) is 0 Å². The van der Waals surface area contributed by atoms with Crippen LogP contribution in [0, 0.1) is 17.3 Å². The lowest BCUT2D eigenvalue weighted by atomic mass is 9.66. The Kier molecular flexibility index (Phi) is 6.20. The molecule has 0 aliphatic heterocycles. The molecule has 0 radical (unpaired) electrons. The largest absolute Gasteiger partial charge is 0.497 e. The van der Waals surface area contributed by atoms with E-state index in [1.165, 1.54) is 11.1 Å². The number of hydrogen-bond donors (Lipinski definition) is 2. The number of nitrogens with two attached hydrogens (primary N) is 1. The van der Waals surface area contributed by atoms with Crippen LogP contribution in [0.25, 0.3) is 0 Å². The number of aliphatic hydroxyl groups is 1. The molecule has 1 aromatic carbocycles. The minimum atomic E-state index is -0.381. The van der Waals surface area contributed by atoms with Gasteiger partial charge >= 0.3 is 0 Å². The quantitative estimate of drug-likeness (QED) is 0.643. The molecule has 2 fully saturated rings. The summed E-state index contributed by atoms with van der Waals surface area (Å²) >= 11 is 6.15. The average molecular weight is 432 g/mol. The third kappa shape index (κ3) is 4.56. The van der Waals surface area contributed by atoms with Gasteiger partial charge in [0.05, 0.1) is 20.3 Å². The second-order valence-corrected chi connectivity index (χ2v) is 10.3. The fourth-order valence-electron chi connectivity index (χ4n) is 5.49. The van der Waals surface area contributed by atoms with Crippen molar-refractivity contribution in [2.45, 2.75) is 57.4 Å². The van der Waals surface area contributed by atoms with Crippen molar-refractivity contribution in [3.05, 3.63) is 46.5 Å². The molecule has 4 rings (SSSR count). The molecule has 2 saturated carbocycles. The number of aliphatic hydroxyl groups excluding tert-OH is 1.